The van der Waals surface area contributed by atoms with Crippen molar-refractivity contribution >= 4 is 5.91 Å². The molecule has 0 aromatic heterocycles. The highest BCUT2D eigenvalue weighted by atomic mass is 16.5. The first kappa shape index (κ1) is 11.4. The summed E-state index contributed by atoms with van der Waals surface area (Å²) in [6, 6.07) is 0. The highest BCUT2D eigenvalue weighted by Gasteiger charge is 2.01. The molecule has 0 saturated carbocycles. The Morgan fingerprint density at radius 2 is 2.08 bits per heavy atom. The number of rotatable bonds is 6. The average molecular weight is 174 g/mol. The number of amides is 1. The number of nitrogens with two attached hydrogens (primary N) is 1. The van der Waals surface area contributed by atoms with Crippen molar-refractivity contribution in [1.82, 2.24) is 4.90 Å². The summed E-state index contributed by atoms with van der Waals surface area (Å²) in [4.78, 5) is 12.6. The largest absolute Gasteiger partial charge is 0.380 e. The number of hydrogen-bond acceptors (Lipinski definition) is 3. The molecule has 0 aromatic carbocycles. The van der Waals surface area contributed by atoms with Crippen LogP contribution in [0.25, 0.3) is 0 Å². The fourth-order valence-electron chi connectivity index (χ4n) is 0.734. The second-order valence-corrected chi connectivity index (χ2v) is 2.79. The lowest BCUT2D eigenvalue weighted by Gasteiger charge is -2.09. The normalized spacial score (nSPS) is 9.92. The van der Waals surface area contributed by atoms with Gasteiger partial charge in [0.25, 0.3) is 0 Å². The monoisotopic (exact) mass is 174 g/mol. The van der Waals surface area contributed by atoms with Crippen LogP contribution in [0.4, 0.5) is 0 Å². The second-order valence-electron chi connectivity index (χ2n) is 2.79. The van der Waals surface area contributed by atoms with Gasteiger partial charge in [-0.15, -0.1) is 0 Å². The number of ether oxygens (including phenoxy) is 1. The van der Waals surface area contributed by atoms with E-state index < -0.39 is 0 Å². The summed E-state index contributed by atoms with van der Waals surface area (Å²) in [6.07, 6.45) is 1.33. The van der Waals surface area contributed by atoms with E-state index in [0.29, 0.717) is 26.2 Å². The molecule has 4 nitrogen and oxygen atoms in total. The van der Waals surface area contributed by atoms with Crippen LogP contribution in [0.3, 0.4) is 0 Å². The third kappa shape index (κ3) is 6.12. The average Bonchev–Trinajstić information content (AvgIpc) is 2.03. The van der Waals surface area contributed by atoms with Gasteiger partial charge in [-0.3, -0.25) is 4.79 Å². The van der Waals surface area contributed by atoms with E-state index in [2.05, 4.69) is 0 Å². The van der Waals surface area contributed by atoms with Crippen molar-refractivity contribution in [2.75, 3.05) is 33.9 Å². The van der Waals surface area contributed by atoms with E-state index in [0.717, 1.165) is 6.42 Å². The topological polar surface area (TPSA) is 55.6 Å². The maximum Gasteiger partial charge on any atom is 0.222 e. The predicted octanol–water partition coefficient (Wildman–Crippen LogP) is -0.170. The Morgan fingerprint density at radius 3 is 2.58 bits per heavy atom. The molecule has 0 aliphatic rings. The quantitative estimate of drug-likeness (QED) is 0.569. The van der Waals surface area contributed by atoms with E-state index in [1.807, 2.05) is 0 Å². The van der Waals surface area contributed by atoms with Gasteiger partial charge in [0.05, 0.1) is 6.61 Å². The molecule has 0 rings (SSSR count). The van der Waals surface area contributed by atoms with Gasteiger partial charge < -0.3 is 15.4 Å². The zero-order chi connectivity index (χ0) is 9.40. The van der Waals surface area contributed by atoms with Crippen LogP contribution >= 0.6 is 0 Å². The Balaban J connectivity index is 3.14. The standard InChI is InChI=1S/C8H18N2O2/c1-10(2)8(11)4-3-6-12-7-5-9/h3-7,9H2,1-2H3. The van der Waals surface area contributed by atoms with Gasteiger partial charge in [0.2, 0.25) is 5.91 Å². The Morgan fingerprint density at radius 1 is 1.42 bits per heavy atom. The smallest absolute Gasteiger partial charge is 0.222 e. The van der Waals surface area contributed by atoms with Gasteiger partial charge in [-0.05, 0) is 6.42 Å². The van der Waals surface area contributed by atoms with Gasteiger partial charge in [-0.25, -0.2) is 0 Å². The molecular formula is C8H18N2O2. The number of carbonyl (C=O) groups is 1. The minimum absolute atomic E-state index is 0.145. The van der Waals surface area contributed by atoms with Crippen molar-refractivity contribution in [2.45, 2.75) is 12.8 Å². The van der Waals surface area contributed by atoms with Crippen LogP contribution in [0, 0.1) is 0 Å². The number of hydrogen-bond donors (Lipinski definition) is 1. The minimum Gasteiger partial charge on any atom is -0.380 e. The Hall–Kier alpha value is -0.610. The molecule has 0 unspecified atom stereocenters. The van der Waals surface area contributed by atoms with Crippen molar-refractivity contribution < 1.29 is 9.53 Å². The van der Waals surface area contributed by atoms with E-state index in [1.54, 1.807) is 19.0 Å². The second kappa shape index (κ2) is 7.06. The van der Waals surface area contributed by atoms with Crippen molar-refractivity contribution in [2.24, 2.45) is 5.73 Å². The maximum atomic E-state index is 11.0. The van der Waals surface area contributed by atoms with Crippen molar-refractivity contribution in [1.29, 1.82) is 0 Å². The lowest BCUT2D eigenvalue weighted by molar-refractivity contribution is -0.129. The molecule has 2 N–H and O–H groups in total. The minimum atomic E-state index is 0.145. The van der Waals surface area contributed by atoms with Crippen LogP contribution in [-0.2, 0) is 9.53 Å². The van der Waals surface area contributed by atoms with Gasteiger partial charge in [0.15, 0.2) is 0 Å². The van der Waals surface area contributed by atoms with Gasteiger partial charge in [0, 0.05) is 33.7 Å². The summed E-state index contributed by atoms with van der Waals surface area (Å²) in [6.45, 7) is 1.74. The lowest BCUT2D eigenvalue weighted by atomic mass is 10.3. The van der Waals surface area contributed by atoms with Crippen LogP contribution in [-0.4, -0.2) is 44.7 Å². The third-order valence-corrected chi connectivity index (χ3v) is 1.44. The zero-order valence-electron chi connectivity index (χ0n) is 7.88. The van der Waals surface area contributed by atoms with Gasteiger partial charge in [-0.2, -0.15) is 0 Å². The molecule has 0 radical (unpaired) electrons. The van der Waals surface area contributed by atoms with Crippen LogP contribution < -0.4 is 5.73 Å². The molecule has 0 aliphatic carbocycles. The first-order valence-corrected chi connectivity index (χ1v) is 4.16. The van der Waals surface area contributed by atoms with E-state index in [1.165, 1.54) is 0 Å². The van der Waals surface area contributed by atoms with Crippen LogP contribution in [0.5, 0.6) is 0 Å². The summed E-state index contributed by atoms with van der Waals surface area (Å²) in [5, 5.41) is 0. The third-order valence-electron chi connectivity index (χ3n) is 1.44. The Bertz CT molecular complexity index is 126. The highest BCUT2D eigenvalue weighted by Crippen LogP contribution is 1.93. The van der Waals surface area contributed by atoms with Gasteiger partial charge in [0.1, 0.15) is 0 Å². The molecule has 0 aliphatic heterocycles. The van der Waals surface area contributed by atoms with Gasteiger partial charge >= 0.3 is 0 Å². The molecule has 0 heterocycles. The summed E-state index contributed by atoms with van der Waals surface area (Å²) in [5.74, 6) is 0.145. The molecule has 0 spiro atoms. The van der Waals surface area contributed by atoms with Crippen molar-refractivity contribution in [3.63, 3.8) is 0 Å². The van der Waals surface area contributed by atoms with E-state index in [9.17, 15) is 4.79 Å². The predicted molar refractivity (Wildman–Crippen MR) is 47.8 cm³/mol. The maximum absolute atomic E-state index is 11.0. The van der Waals surface area contributed by atoms with Crippen LogP contribution in [0.15, 0.2) is 0 Å². The van der Waals surface area contributed by atoms with E-state index in [-0.39, 0.29) is 5.91 Å². The van der Waals surface area contributed by atoms with Gasteiger partial charge in [-0.1, -0.05) is 0 Å². The van der Waals surface area contributed by atoms with Crippen molar-refractivity contribution in [3.8, 4) is 0 Å². The summed E-state index contributed by atoms with van der Waals surface area (Å²) < 4.78 is 5.12. The first-order valence-electron chi connectivity index (χ1n) is 4.16. The van der Waals surface area contributed by atoms with E-state index in [4.69, 9.17) is 10.5 Å². The molecule has 0 saturated heterocycles. The molecular weight excluding hydrogens is 156 g/mol. The molecule has 72 valence electrons. The van der Waals surface area contributed by atoms with Crippen LogP contribution in [0.1, 0.15) is 12.8 Å². The lowest BCUT2D eigenvalue weighted by Crippen LogP contribution is -2.21. The summed E-state index contributed by atoms with van der Waals surface area (Å²) >= 11 is 0. The first-order chi connectivity index (χ1) is 5.68. The highest BCUT2D eigenvalue weighted by molar-refractivity contribution is 5.75. The Kier molecular flexibility index (Phi) is 6.70. The number of carbonyl (C=O) groups excluding carboxylic acids is 1. The fraction of sp³-hybridized carbons (Fsp3) is 0.875. The fourth-order valence-corrected chi connectivity index (χ4v) is 0.734. The zero-order valence-corrected chi connectivity index (χ0v) is 7.88. The molecule has 1 amide bonds. The van der Waals surface area contributed by atoms with Crippen molar-refractivity contribution in [3.05, 3.63) is 0 Å². The molecule has 0 bridgehead atoms. The molecule has 12 heavy (non-hydrogen) atoms. The molecule has 0 fully saturated rings. The SMILES string of the molecule is CN(C)C(=O)CCCOCCN. The molecule has 0 aromatic rings. The van der Waals surface area contributed by atoms with Crippen LogP contribution in [0.2, 0.25) is 0 Å². The molecule has 4 heteroatoms. The summed E-state index contributed by atoms with van der Waals surface area (Å²) in [7, 11) is 3.51. The summed E-state index contributed by atoms with van der Waals surface area (Å²) in [5.41, 5.74) is 5.22. The Labute approximate surface area is 73.7 Å². The number of nitrogens with zero attached hydrogens (tertiary/aromatic N) is 1. The molecule has 0 atom stereocenters. The van der Waals surface area contributed by atoms with E-state index >= 15 is 0 Å².